The molecule has 1 amide bonds. The Balaban J connectivity index is 2.00. The van der Waals surface area contributed by atoms with Crippen molar-refractivity contribution >= 4 is 51.3 Å². The molecule has 176 valence electrons. The van der Waals surface area contributed by atoms with E-state index in [0.717, 1.165) is 0 Å². The first-order chi connectivity index (χ1) is 15.6. The number of aromatic nitrogens is 1. The molecule has 0 unspecified atom stereocenters. The molecule has 0 fully saturated rings. The van der Waals surface area contributed by atoms with Crippen molar-refractivity contribution in [1.82, 2.24) is 15.2 Å². The second-order valence-electron chi connectivity index (χ2n) is 6.61. The number of sulfonamides is 1. The van der Waals surface area contributed by atoms with Crippen molar-refractivity contribution < 1.29 is 26.8 Å². The van der Waals surface area contributed by atoms with Crippen LogP contribution in [0.3, 0.4) is 0 Å². The number of benzene rings is 2. The number of carbonyl (C=O) groups is 1. The van der Waals surface area contributed by atoms with E-state index in [9.17, 15) is 22.6 Å². The fraction of sp³-hybridized carbons (Fsp3) is 0.200. The van der Waals surface area contributed by atoms with Gasteiger partial charge in [0.05, 0.1) is 18.2 Å². The van der Waals surface area contributed by atoms with Crippen LogP contribution in [-0.4, -0.2) is 32.5 Å². The first kappa shape index (κ1) is 25.1. The van der Waals surface area contributed by atoms with Gasteiger partial charge in [0, 0.05) is 16.5 Å². The van der Waals surface area contributed by atoms with Crippen LogP contribution in [0.25, 0.3) is 10.9 Å². The molecule has 2 aromatic carbocycles. The second-order valence-corrected chi connectivity index (χ2v) is 10.7. The van der Waals surface area contributed by atoms with Crippen molar-refractivity contribution in [3.05, 3.63) is 69.5 Å². The molecule has 0 aliphatic heterocycles. The molecule has 3 rings (SSSR count). The van der Waals surface area contributed by atoms with Crippen LogP contribution in [-0.2, 0) is 23.6 Å². The molecule has 13 heteroatoms. The normalized spacial score (nSPS) is 12.1. The number of H-pyrrole nitrogens is 1. The Morgan fingerprint density at radius 2 is 1.73 bits per heavy atom. The molecular formula is C20H21ClN3O7PS. The van der Waals surface area contributed by atoms with Crippen LogP contribution in [0.5, 0.6) is 0 Å². The van der Waals surface area contributed by atoms with Crippen molar-refractivity contribution in [3.8, 4) is 0 Å². The molecule has 0 radical (unpaired) electrons. The van der Waals surface area contributed by atoms with E-state index in [-0.39, 0.29) is 44.9 Å². The number of halogens is 1. The smallest absolute Gasteiger partial charge is 0.321 e. The van der Waals surface area contributed by atoms with E-state index >= 15 is 0 Å². The summed E-state index contributed by atoms with van der Waals surface area (Å²) in [5.41, 5.74) is 1.85. The number of pyridine rings is 1. The number of hydrogen-bond donors (Lipinski definition) is 3. The lowest BCUT2D eigenvalue weighted by Crippen LogP contribution is -2.41. The fourth-order valence-corrected chi connectivity index (χ4v) is 5.99. The van der Waals surface area contributed by atoms with Gasteiger partial charge in [-0.3, -0.25) is 19.6 Å². The average Bonchev–Trinajstić information content (AvgIpc) is 2.77. The lowest BCUT2D eigenvalue weighted by Gasteiger charge is -2.17. The van der Waals surface area contributed by atoms with Crippen molar-refractivity contribution in [1.29, 1.82) is 0 Å². The number of rotatable bonds is 9. The molecule has 1 aromatic heterocycles. The fourth-order valence-electron chi connectivity index (χ4n) is 2.95. The van der Waals surface area contributed by atoms with Crippen molar-refractivity contribution in [2.75, 3.05) is 13.2 Å². The standard InChI is InChI=1S/C20H21ClN3O7PS/c1-3-30-32(27,31-4-2)17-10-14-11-18(15(21)12-16(14)22-20(17)26)33(28,29)24-23-19(25)13-8-6-5-7-9-13/h5-12,24H,3-4H2,1-2H3,(H,22,26)(H,23,25). The molecule has 0 aliphatic carbocycles. The zero-order chi connectivity index (χ0) is 24.2. The van der Waals surface area contributed by atoms with Gasteiger partial charge in [0.25, 0.3) is 21.5 Å². The van der Waals surface area contributed by atoms with Gasteiger partial charge < -0.3 is 14.0 Å². The van der Waals surface area contributed by atoms with Crippen LogP contribution < -0.4 is 21.1 Å². The summed E-state index contributed by atoms with van der Waals surface area (Å²) in [4.78, 5) is 28.8. The highest BCUT2D eigenvalue weighted by Gasteiger charge is 2.31. The molecule has 0 saturated heterocycles. The predicted molar refractivity (Wildman–Crippen MR) is 124 cm³/mol. The Morgan fingerprint density at radius 3 is 2.33 bits per heavy atom. The Hall–Kier alpha value is -2.53. The van der Waals surface area contributed by atoms with Gasteiger partial charge in [-0.2, -0.15) is 0 Å². The van der Waals surface area contributed by atoms with Crippen LogP contribution in [0.4, 0.5) is 0 Å². The molecular weight excluding hydrogens is 493 g/mol. The van der Waals surface area contributed by atoms with Gasteiger partial charge in [0.15, 0.2) is 0 Å². The van der Waals surface area contributed by atoms with Crippen molar-refractivity contribution in [2.45, 2.75) is 18.7 Å². The van der Waals surface area contributed by atoms with E-state index < -0.39 is 29.1 Å². The van der Waals surface area contributed by atoms with Crippen molar-refractivity contribution in [3.63, 3.8) is 0 Å². The van der Waals surface area contributed by atoms with Gasteiger partial charge in [-0.1, -0.05) is 29.8 Å². The topological polar surface area (TPSA) is 144 Å². The maximum absolute atomic E-state index is 13.1. The molecule has 3 N–H and O–H groups in total. The number of fused-ring (bicyclic) bond motifs is 1. The summed E-state index contributed by atoms with van der Waals surface area (Å²) in [5.74, 6) is -0.669. The van der Waals surface area contributed by atoms with Crippen LogP contribution in [0.15, 0.2) is 58.2 Å². The summed E-state index contributed by atoms with van der Waals surface area (Å²) >= 11 is 6.14. The predicted octanol–water partition coefficient (Wildman–Crippen LogP) is 2.70. The quantitative estimate of drug-likeness (QED) is 0.295. The highest BCUT2D eigenvalue weighted by atomic mass is 35.5. The summed E-state index contributed by atoms with van der Waals surface area (Å²) in [6, 6.07) is 11.6. The zero-order valence-corrected chi connectivity index (χ0v) is 20.1. The maximum Gasteiger partial charge on any atom is 0.366 e. The Kier molecular flexibility index (Phi) is 7.73. The molecule has 0 saturated carbocycles. The Morgan fingerprint density at radius 1 is 1.09 bits per heavy atom. The van der Waals surface area contributed by atoms with E-state index in [2.05, 4.69) is 10.4 Å². The number of amides is 1. The molecule has 33 heavy (non-hydrogen) atoms. The minimum Gasteiger partial charge on any atom is -0.321 e. The monoisotopic (exact) mass is 513 g/mol. The van der Waals surface area contributed by atoms with E-state index in [0.29, 0.717) is 0 Å². The minimum atomic E-state index is -4.30. The van der Waals surface area contributed by atoms with Gasteiger partial charge in [0.2, 0.25) is 0 Å². The van der Waals surface area contributed by atoms with E-state index in [1.165, 1.54) is 30.3 Å². The lowest BCUT2D eigenvalue weighted by atomic mass is 10.2. The van der Waals surface area contributed by atoms with E-state index in [1.807, 2.05) is 4.83 Å². The number of hydrazine groups is 1. The van der Waals surface area contributed by atoms with Gasteiger partial charge >= 0.3 is 7.60 Å². The third-order valence-electron chi connectivity index (χ3n) is 4.39. The molecule has 0 spiro atoms. The zero-order valence-electron chi connectivity index (χ0n) is 17.6. The van der Waals surface area contributed by atoms with Gasteiger partial charge in [-0.25, -0.2) is 8.42 Å². The maximum atomic E-state index is 13.1. The first-order valence-electron chi connectivity index (χ1n) is 9.74. The Labute approximate surface area is 194 Å². The van der Waals surface area contributed by atoms with Gasteiger partial charge in [-0.15, -0.1) is 4.83 Å². The third kappa shape index (κ3) is 5.52. The van der Waals surface area contributed by atoms with E-state index in [1.54, 1.807) is 32.0 Å². The van der Waals surface area contributed by atoms with Crippen LogP contribution >= 0.6 is 19.2 Å². The summed E-state index contributed by atoms with van der Waals surface area (Å²) in [6.45, 7) is 3.25. The molecule has 3 aromatic rings. The Bertz CT molecular complexity index is 1380. The number of aromatic amines is 1. The number of nitrogens with one attached hydrogen (secondary N) is 3. The highest BCUT2D eigenvalue weighted by Crippen LogP contribution is 2.46. The molecule has 0 aliphatic rings. The largest absolute Gasteiger partial charge is 0.366 e. The SMILES string of the molecule is CCOP(=O)(OCC)c1cc2cc(S(=O)(=O)NNC(=O)c3ccccc3)c(Cl)cc2[nH]c1=O. The molecule has 1 heterocycles. The first-order valence-corrected chi connectivity index (χ1v) is 13.1. The average molecular weight is 514 g/mol. The lowest BCUT2D eigenvalue weighted by molar-refractivity contribution is 0.0945. The summed E-state index contributed by atoms with van der Waals surface area (Å²) in [6.07, 6.45) is 0. The summed E-state index contributed by atoms with van der Waals surface area (Å²) in [5, 5.41) is -0.261. The number of carbonyl (C=O) groups excluding carboxylic acids is 1. The number of hydrogen-bond acceptors (Lipinski definition) is 7. The van der Waals surface area contributed by atoms with Crippen LogP contribution in [0.2, 0.25) is 5.02 Å². The molecule has 0 bridgehead atoms. The third-order valence-corrected chi connectivity index (χ3v) is 8.23. The highest BCUT2D eigenvalue weighted by molar-refractivity contribution is 7.89. The van der Waals surface area contributed by atoms with Crippen LogP contribution in [0, 0.1) is 0 Å². The second kappa shape index (κ2) is 10.2. The van der Waals surface area contributed by atoms with Crippen molar-refractivity contribution in [2.24, 2.45) is 0 Å². The van der Waals surface area contributed by atoms with Crippen LogP contribution in [0.1, 0.15) is 24.2 Å². The summed E-state index contributed by atoms with van der Waals surface area (Å²) < 4.78 is 49.1. The minimum absolute atomic E-state index is 0.0278. The van der Waals surface area contributed by atoms with E-state index in [4.69, 9.17) is 20.6 Å². The van der Waals surface area contributed by atoms with Gasteiger partial charge in [0.1, 0.15) is 10.2 Å². The van der Waals surface area contributed by atoms with Gasteiger partial charge in [-0.05, 0) is 44.2 Å². The summed E-state index contributed by atoms with van der Waals surface area (Å²) in [7, 11) is -8.24. The molecule has 0 atom stereocenters. The molecule has 10 nitrogen and oxygen atoms in total.